The topological polar surface area (TPSA) is 29.5 Å². The molecule has 10 rings (SSSR count). The van der Waals surface area contributed by atoms with Crippen LogP contribution in [0.3, 0.4) is 0 Å². The number of rotatable bonds is 6. The molecular formula is C48H31NO2. The van der Waals surface area contributed by atoms with Gasteiger partial charge in [-0.1, -0.05) is 140 Å². The number of hydrogen-bond donors (Lipinski definition) is 0. The van der Waals surface area contributed by atoms with Gasteiger partial charge in [0, 0.05) is 38.5 Å². The fraction of sp³-hybridized carbons (Fsp3) is 0. The lowest BCUT2D eigenvalue weighted by atomic mass is 10.0. The summed E-state index contributed by atoms with van der Waals surface area (Å²) in [5.41, 5.74) is 13.5. The molecule has 0 saturated heterocycles. The molecule has 2 aromatic heterocycles. The highest BCUT2D eigenvalue weighted by atomic mass is 16.3. The molecule has 0 N–H and O–H groups in total. The van der Waals surface area contributed by atoms with Gasteiger partial charge >= 0.3 is 0 Å². The molecule has 240 valence electrons. The zero-order valence-electron chi connectivity index (χ0n) is 27.7. The lowest BCUT2D eigenvalue weighted by Gasteiger charge is -2.26. The van der Waals surface area contributed by atoms with E-state index < -0.39 is 0 Å². The Bertz CT molecular complexity index is 2830. The molecule has 10 aromatic rings. The molecule has 0 amide bonds. The largest absolute Gasteiger partial charge is 0.455 e. The minimum absolute atomic E-state index is 0.861. The van der Waals surface area contributed by atoms with Gasteiger partial charge in [0.2, 0.25) is 0 Å². The number of para-hydroxylation sites is 3. The third-order valence-electron chi connectivity index (χ3n) is 9.90. The quantitative estimate of drug-likeness (QED) is 0.179. The highest BCUT2D eigenvalue weighted by molar-refractivity contribution is 6.11. The first kappa shape index (κ1) is 29.1. The van der Waals surface area contributed by atoms with E-state index in [-0.39, 0.29) is 0 Å². The van der Waals surface area contributed by atoms with E-state index in [1.807, 2.05) is 24.3 Å². The molecule has 0 fully saturated rings. The van der Waals surface area contributed by atoms with Gasteiger partial charge in [-0.25, -0.2) is 0 Å². The number of hydrogen-bond acceptors (Lipinski definition) is 3. The summed E-state index contributed by atoms with van der Waals surface area (Å²) >= 11 is 0. The molecule has 3 heteroatoms. The Hall–Kier alpha value is -6.84. The van der Waals surface area contributed by atoms with Gasteiger partial charge < -0.3 is 13.7 Å². The Labute approximate surface area is 295 Å². The summed E-state index contributed by atoms with van der Waals surface area (Å²) in [6.07, 6.45) is 0. The van der Waals surface area contributed by atoms with E-state index in [0.717, 1.165) is 83.2 Å². The molecule has 3 nitrogen and oxygen atoms in total. The van der Waals surface area contributed by atoms with Crippen molar-refractivity contribution < 1.29 is 8.83 Å². The molecule has 0 unspecified atom stereocenters. The van der Waals surface area contributed by atoms with E-state index in [1.54, 1.807) is 0 Å². The Morgan fingerprint density at radius 1 is 0.314 bits per heavy atom. The van der Waals surface area contributed by atoms with Crippen LogP contribution in [0.5, 0.6) is 0 Å². The second-order valence-corrected chi connectivity index (χ2v) is 12.9. The lowest BCUT2D eigenvalue weighted by molar-refractivity contribution is 0.669. The minimum atomic E-state index is 0.861. The summed E-state index contributed by atoms with van der Waals surface area (Å²) in [6, 6.07) is 66.0. The summed E-state index contributed by atoms with van der Waals surface area (Å²) in [4.78, 5) is 2.29. The first-order valence-electron chi connectivity index (χ1n) is 17.3. The molecule has 0 bridgehead atoms. The highest BCUT2D eigenvalue weighted by Gasteiger charge is 2.20. The monoisotopic (exact) mass is 653 g/mol. The SMILES string of the molecule is c1ccc(-c2ccc(N(c3ccc(-c4ccc5c(c4)oc4c(-c6ccccc6)cccc45)cc3)c3cccc4c3oc3ccccc34)cc2)cc1. The van der Waals surface area contributed by atoms with Crippen LogP contribution in [0.2, 0.25) is 0 Å². The lowest BCUT2D eigenvalue weighted by Crippen LogP contribution is -2.10. The van der Waals surface area contributed by atoms with E-state index >= 15 is 0 Å². The Balaban J connectivity index is 1.07. The van der Waals surface area contributed by atoms with Crippen LogP contribution in [-0.2, 0) is 0 Å². The maximum absolute atomic E-state index is 6.57. The van der Waals surface area contributed by atoms with Gasteiger partial charge in [0.1, 0.15) is 16.7 Å². The minimum Gasteiger partial charge on any atom is -0.455 e. The molecule has 0 radical (unpaired) electrons. The molecule has 2 heterocycles. The Morgan fingerprint density at radius 3 is 1.55 bits per heavy atom. The average Bonchev–Trinajstić information content (AvgIpc) is 3.78. The predicted molar refractivity (Wildman–Crippen MR) is 212 cm³/mol. The molecule has 0 atom stereocenters. The normalized spacial score (nSPS) is 11.5. The van der Waals surface area contributed by atoms with Crippen molar-refractivity contribution >= 4 is 60.9 Å². The zero-order chi connectivity index (χ0) is 33.7. The maximum Gasteiger partial charge on any atom is 0.159 e. The van der Waals surface area contributed by atoms with Crippen molar-refractivity contribution in [2.45, 2.75) is 0 Å². The molecule has 0 saturated carbocycles. The van der Waals surface area contributed by atoms with Crippen LogP contribution in [0.1, 0.15) is 0 Å². The van der Waals surface area contributed by atoms with Crippen molar-refractivity contribution in [1.29, 1.82) is 0 Å². The van der Waals surface area contributed by atoms with Crippen LogP contribution in [-0.4, -0.2) is 0 Å². The fourth-order valence-corrected chi connectivity index (χ4v) is 7.40. The van der Waals surface area contributed by atoms with Gasteiger partial charge in [-0.05, 0) is 76.3 Å². The van der Waals surface area contributed by atoms with Crippen molar-refractivity contribution in [3.05, 3.63) is 188 Å². The van der Waals surface area contributed by atoms with E-state index in [9.17, 15) is 0 Å². The standard InChI is InChI=1S/C48H31NO2/c1-3-11-32(12-4-1)33-21-26-37(27-22-33)49(44-19-10-18-43-40-15-7-8-20-45(40)50-48(43)44)38-28-23-34(24-29-38)36-25-30-41-42-17-9-16-39(35-13-5-2-6-14-35)47(42)51-46(41)31-36/h1-31H. The second-order valence-electron chi connectivity index (χ2n) is 12.9. The molecule has 0 spiro atoms. The number of furan rings is 2. The van der Waals surface area contributed by atoms with E-state index in [4.69, 9.17) is 8.83 Å². The van der Waals surface area contributed by atoms with Crippen molar-refractivity contribution in [3.8, 4) is 33.4 Å². The molecule has 0 aliphatic heterocycles. The molecule has 0 aliphatic rings. The van der Waals surface area contributed by atoms with Crippen LogP contribution >= 0.6 is 0 Å². The third kappa shape index (κ3) is 4.98. The number of anilines is 3. The van der Waals surface area contributed by atoms with Gasteiger partial charge in [-0.2, -0.15) is 0 Å². The Kier molecular flexibility index (Phi) is 6.81. The maximum atomic E-state index is 6.57. The summed E-state index contributed by atoms with van der Waals surface area (Å²) in [5.74, 6) is 0. The number of fused-ring (bicyclic) bond motifs is 6. The summed E-state index contributed by atoms with van der Waals surface area (Å²) in [6.45, 7) is 0. The second kappa shape index (κ2) is 11.9. The zero-order valence-corrected chi connectivity index (χ0v) is 27.7. The molecule has 8 aromatic carbocycles. The summed E-state index contributed by atoms with van der Waals surface area (Å²) in [7, 11) is 0. The van der Waals surface area contributed by atoms with Crippen molar-refractivity contribution in [2.24, 2.45) is 0 Å². The molecular weight excluding hydrogens is 623 g/mol. The summed E-state index contributed by atoms with van der Waals surface area (Å²) < 4.78 is 13.1. The fourth-order valence-electron chi connectivity index (χ4n) is 7.40. The van der Waals surface area contributed by atoms with Crippen LogP contribution in [0.15, 0.2) is 197 Å². The van der Waals surface area contributed by atoms with Crippen LogP contribution in [0.25, 0.3) is 77.3 Å². The first-order valence-corrected chi connectivity index (χ1v) is 17.3. The third-order valence-corrected chi connectivity index (χ3v) is 9.90. The average molecular weight is 654 g/mol. The van der Waals surface area contributed by atoms with Gasteiger partial charge in [0.25, 0.3) is 0 Å². The number of nitrogens with zero attached hydrogens (tertiary/aromatic N) is 1. The van der Waals surface area contributed by atoms with Gasteiger partial charge in [-0.15, -0.1) is 0 Å². The van der Waals surface area contributed by atoms with Gasteiger partial charge in [0.05, 0.1) is 5.69 Å². The van der Waals surface area contributed by atoms with Crippen LogP contribution < -0.4 is 4.90 Å². The van der Waals surface area contributed by atoms with Gasteiger partial charge in [0.15, 0.2) is 5.58 Å². The first-order chi connectivity index (χ1) is 25.3. The van der Waals surface area contributed by atoms with Crippen molar-refractivity contribution in [1.82, 2.24) is 0 Å². The molecule has 0 aliphatic carbocycles. The van der Waals surface area contributed by atoms with E-state index in [0.29, 0.717) is 0 Å². The smallest absolute Gasteiger partial charge is 0.159 e. The van der Waals surface area contributed by atoms with Crippen LogP contribution in [0, 0.1) is 0 Å². The van der Waals surface area contributed by atoms with Crippen molar-refractivity contribution in [2.75, 3.05) is 4.90 Å². The van der Waals surface area contributed by atoms with E-state index in [2.05, 4.69) is 169 Å². The van der Waals surface area contributed by atoms with E-state index in [1.165, 1.54) is 11.1 Å². The van der Waals surface area contributed by atoms with Crippen molar-refractivity contribution in [3.63, 3.8) is 0 Å². The summed E-state index contributed by atoms with van der Waals surface area (Å²) in [5, 5.41) is 4.45. The molecule has 51 heavy (non-hydrogen) atoms. The predicted octanol–water partition coefficient (Wildman–Crippen LogP) is 14.0. The van der Waals surface area contributed by atoms with Crippen LogP contribution in [0.4, 0.5) is 17.1 Å². The van der Waals surface area contributed by atoms with Gasteiger partial charge in [-0.3, -0.25) is 0 Å². The highest BCUT2D eigenvalue weighted by Crippen LogP contribution is 2.43. The Morgan fingerprint density at radius 2 is 0.824 bits per heavy atom. The number of benzene rings is 8.